The molecular weight excluding hydrogens is 216 g/mol. The maximum Gasteiger partial charge on any atom is 0.247 e. The van der Waals surface area contributed by atoms with E-state index in [1.54, 1.807) is 18.2 Å². The van der Waals surface area contributed by atoms with Crippen LogP contribution in [0.2, 0.25) is 0 Å². The van der Waals surface area contributed by atoms with Crippen LogP contribution in [0.1, 0.15) is 11.5 Å². The lowest BCUT2D eigenvalue weighted by Crippen LogP contribution is -1.80. The number of hydrogen-bond donors (Lipinski definition) is 1. The van der Waals surface area contributed by atoms with Gasteiger partial charge in [0.25, 0.3) is 0 Å². The Morgan fingerprint density at radius 3 is 2.80 bits per heavy atom. The molecule has 0 fully saturated rings. The quantitative estimate of drug-likeness (QED) is 0.797. The molecule has 0 bridgehead atoms. The Hall–Kier alpha value is -1.55. The molecule has 5 heteroatoms. The van der Waals surface area contributed by atoms with Gasteiger partial charge in [0.05, 0.1) is 0 Å². The monoisotopic (exact) mass is 224 g/mol. The van der Waals surface area contributed by atoms with Crippen LogP contribution in [0.15, 0.2) is 22.6 Å². The lowest BCUT2D eigenvalue weighted by atomic mass is 10.1. The second-order valence-corrected chi connectivity index (χ2v) is 3.40. The fourth-order valence-electron chi connectivity index (χ4n) is 1.17. The number of hydrogen-bond acceptors (Lipinski definition) is 4. The van der Waals surface area contributed by atoms with Crippen molar-refractivity contribution in [2.75, 3.05) is 0 Å². The molecule has 1 N–H and O–H groups in total. The largest absolute Gasteiger partial charge is 0.508 e. The van der Waals surface area contributed by atoms with E-state index in [2.05, 4.69) is 10.2 Å². The van der Waals surface area contributed by atoms with Crippen molar-refractivity contribution < 1.29 is 9.52 Å². The highest BCUT2D eigenvalue weighted by atomic mass is 35.5. The minimum atomic E-state index is 0.185. The number of alkyl halides is 1. The van der Waals surface area contributed by atoms with Crippen LogP contribution in [0.3, 0.4) is 0 Å². The molecular formula is C10H9ClN2O2. The van der Waals surface area contributed by atoms with E-state index in [9.17, 15) is 5.11 Å². The molecule has 0 aliphatic heterocycles. The summed E-state index contributed by atoms with van der Waals surface area (Å²) >= 11 is 5.54. The van der Waals surface area contributed by atoms with Crippen molar-refractivity contribution in [1.29, 1.82) is 0 Å². The Bertz CT molecular complexity index is 482. The third-order valence-corrected chi connectivity index (χ3v) is 2.27. The first-order valence-electron chi connectivity index (χ1n) is 4.39. The van der Waals surface area contributed by atoms with Crippen molar-refractivity contribution in [3.63, 3.8) is 0 Å². The van der Waals surface area contributed by atoms with E-state index in [0.717, 1.165) is 5.56 Å². The fraction of sp³-hybridized carbons (Fsp3) is 0.200. The Morgan fingerprint density at radius 1 is 1.40 bits per heavy atom. The van der Waals surface area contributed by atoms with Gasteiger partial charge in [-0.3, -0.25) is 0 Å². The molecule has 0 saturated heterocycles. The Balaban J connectivity index is 2.40. The zero-order chi connectivity index (χ0) is 10.8. The van der Waals surface area contributed by atoms with Crippen molar-refractivity contribution >= 4 is 11.6 Å². The Kier molecular flexibility index (Phi) is 2.60. The predicted molar refractivity (Wildman–Crippen MR) is 55.7 cm³/mol. The molecule has 78 valence electrons. The first-order valence-corrected chi connectivity index (χ1v) is 4.92. The fourth-order valence-corrected chi connectivity index (χ4v) is 1.27. The van der Waals surface area contributed by atoms with Gasteiger partial charge in [0.15, 0.2) is 0 Å². The topological polar surface area (TPSA) is 59.2 Å². The molecule has 2 rings (SSSR count). The zero-order valence-corrected chi connectivity index (χ0v) is 8.82. The van der Waals surface area contributed by atoms with E-state index in [0.29, 0.717) is 17.3 Å². The minimum absolute atomic E-state index is 0.185. The molecule has 0 unspecified atom stereocenters. The summed E-state index contributed by atoms with van der Waals surface area (Å²) in [6.45, 7) is 1.82. The summed E-state index contributed by atoms with van der Waals surface area (Å²) in [5.74, 6) is 1.12. The summed E-state index contributed by atoms with van der Waals surface area (Å²) < 4.78 is 5.25. The first kappa shape index (κ1) is 9.98. The van der Waals surface area contributed by atoms with Crippen molar-refractivity contribution in [1.82, 2.24) is 10.2 Å². The number of benzene rings is 1. The van der Waals surface area contributed by atoms with Gasteiger partial charge in [0.1, 0.15) is 11.6 Å². The molecule has 2 aromatic rings. The maximum atomic E-state index is 9.51. The van der Waals surface area contributed by atoms with Crippen LogP contribution in [-0.2, 0) is 5.88 Å². The third-order valence-electron chi connectivity index (χ3n) is 2.04. The molecule has 15 heavy (non-hydrogen) atoms. The normalized spacial score (nSPS) is 10.5. The van der Waals surface area contributed by atoms with Gasteiger partial charge < -0.3 is 9.52 Å². The van der Waals surface area contributed by atoms with E-state index in [1.807, 2.05) is 6.92 Å². The minimum Gasteiger partial charge on any atom is -0.508 e. The van der Waals surface area contributed by atoms with Crippen LogP contribution in [0, 0.1) is 6.92 Å². The lowest BCUT2D eigenvalue weighted by Gasteiger charge is -1.99. The van der Waals surface area contributed by atoms with E-state index >= 15 is 0 Å². The van der Waals surface area contributed by atoms with Gasteiger partial charge in [-0.05, 0) is 24.6 Å². The van der Waals surface area contributed by atoms with Gasteiger partial charge in [-0.1, -0.05) is 6.07 Å². The summed E-state index contributed by atoms with van der Waals surface area (Å²) in [5.41, 5.74) is 1.48. The maximum absolute atomic E-state index is 9.51. The molecule has 0 spiro atoms. The average molecular weight is 225 g/mol. The highest BCUT2D eigenvalue weighted by Gasteiger charge is 2.08. The van der Waals surface area contributed by atoms with Crippen LogP contribution in [-0.4, -0.2) is 15.3 Å². The Labute approximate surface area is 91.5 Å². The summed E-state index contributed by atoms with van der Waals surface area (Å²) in [4.78, 5) is 0. The van der Waals surface area contributed by atoms with Gasteiger partial charge >= 0.3 is 0 Å². The van der Waals surface area contributed by atoms with Crippen LogP contribution in [0.5, 0.6) is 5.75 Å². The molecule has 1 aromatic carbocycles. The summed E-state index contributed by atoms with van der Waals surface area (Å²) in [5, 5.41) is 17.1. The van der Waals surface area contributed by atoms with Crippen LogP contribution in [0.4, 0.5) is 0 Å². The molecule has 0 amide bonds. The van der Waals surface area contributed by atoms with Crippen molar-refractivity contribution in [2.45, 2.75) is 12.8 Å². The number of aryl methyl sites for hydroxylation is 1. The smallest absolute Gasteiger partial charge is 0.247 e. The number of nitrogens with zero attached hydrogens (tertiary/aromatic N) is 2. The second-order valence-electron chi connectivity index (χ2n) is 3.14. The molecule has 1 aromatic heterocycles. The average Bonchev–Trinajstić information content (AvgIpc) is 2.70. The molecule has 0 radical (unpaired) electrons. The van der Waals surface area contributed by atoms with Crippen molar-refractivity contribution in [2.24, 2.45) is 0 Å². The van der Waals surface area contributed by atoms with E-state index in [4.69, 9.17) is 16.0 Å². The first-order chi connectivity index (χ1) is 7.20. The molecule has 0 aliphatic carbocycles. The second kappa shape index (κ2) is 3.90. The summed E-state index contributed by atoms with van der Waals surface area (Å²) in [6, 6.07) is 5.18. The van der Waals surface area contributed by atoms with Gasteiger partial charge in [-0.25, -0.2) is 0 Å². The number of phenolic OH excluding ortho intramolecular Hbond substituents is 1. The molecule has 0 saturated carbocycles. The van der Waals surface area contributed by atoms with E-state index in [-0.39, 0.29) is 11.6 Å². The SMILES string of the molecule is Cc1ccc(-c2nnc(CCl)o2)cc1O. The van der Waals surface area contributed by atoms with Gasteiger partial charge in [-0.2, -0.15) is 0 Å². The number of halogens is 1. The Morgan fingerprint density at radius 2 is 2.20 bits per heavy atom. The van der Waals surface area contributed by atoms with Gasteiger partial charge in [-0.15, -0.1) is 21.8 Å². The van der Waals surface area contributed by atoms with E-state index in [1.165, 1.54) is 0 Å². The van der Waals surface area contributed by atoms with Crippen LogP contribution < -0.4 is 0 Å². The van der Waals surface area contributed by atoms with Gasteiger partial charge in [0.2, 0.25) is 11.8 Å². The van der Waals surface area contributed by atoms with Crippen LogP contribution >= 0.6 is 11.6 Å². The zero-order valence-electron chi connectivity index (χ0n) is 8.07. The lowest BCUT2D eigenvalue weighted by molar-refractivity contribution is 0.470. The van der Waals surface area contributed by atoms with Crippen LogP contribution in [0.25, 0.3) is 11.5 Å². The van der Waals surface area contributed by atoms with E-state index < -0.39 is 0 Å². The number of phenols is 1. The summed E-state index contributed by atoms with van der Waals surface area (Å²) in [7, 11) is 0. The van der Waals surface area contributed by atoms with Gasteiger partial charge in [0, 0.05) is 5.56 Å². The third kappa shape index (κ3) is 1.94. The highest BCUT2D eigenvalue weighted by Crippen LogP contribution is 2.25. The number of rotatable bonds is 2. The number of aromatic hydroxyl groups is 1. The molecule has 1 heterocycles. The predicted octanol–water partition coefficient (Wildman–Crippen LogP) is 2.49. The molecule has 4 nitrogen and oxygen atoms in total. The molecule has 0 atom stereocenters. The highest BCUT2D eigenvalue weighted by molar-refractivity contribution is 6.16. The number of aromatic nitrogens is 2. The van der Waals surface area contributed by atoms with Crippen molar-refractivity contribution in [3.8, 4) is 17.2 Å². The van der Waals surface area contributed by atoms with Crippen molar-refractivity contribution in [3.05, 3.63) is 29.7 Å². The standard InChI is InChI=1S/C10H9ClN2O2/c1-6-2-3-7(4-8(6)14)10-13-12-9(5-11)15-10/h2-4,14H,5H2,1H3. The molecule has 0 aliphatic rings. The summed E-state index contributed by atoms with van der Waals surface area (Å²) in [6.07, 6.45) is 0.